The molecular formula is C24H22N2O2. The lowest BCUT2D eigenvalue weighted by atomic mass is 9.95. The lowest BCUT2D eigenvalue weighted by Gasteiger charge is -2.15. The van der Waals surface area contributed by atoms with Gasteiger partial charge in [0.1, 0.15) is 5.52 Å². The van der Waals surface area contributed by atoms with Crippen LogP contribution in [0, 0.1) is 6.92 Å². The molecule has 0 spiro atoms. The molecule has 0 aliphatic rings. The van der Waals surface area contributed by atoms with Gasteiger partial charge in [-0.2, -0.15) is 0 Å². The van der Waals surface area contributed by atoms with E-state index in [9.17, 15) is 4.79 Å². The highest BCUT2D eigenvalue weighted by Gasteiger charge is 2.18. The Kier molecular flexibility index (Phi) is 4.94. The average Bonchev–Trinajstić information content (AvgIpc) is 3.13. The summed E-state index contributed by atoms with van der Waals surface area (Å²) in [5.41, 5.74) is 5.43. The van der Waals surface area contributed by atoms with Crippen molar-refractivity contribution in [3.63, 3.8) is 0 Å². The maximum Gasteiger partial charge on any atom is 0.231 e. The summed E-state index contributed by atoms with van der Waals surface area (Å²) in [5.74, 6) is 0.411. The number of nitrogens with zero attached hydrogens (tertiary/aromatic N) is 1. The molecule has 0 bridgehead atoms. The fourth-order valence-electron chi connectivity index (χ4n) is 3.34. The lowest BCUT2D eigenvalue weighted by Crippen LogP contribution is -2.20. The minimum atomic E-state index is -0.166. The first kappa shape index (κ1) is 18.0. The first-order chi connectivity index (χ1) is 13.6. The lowest BCUT2D eigenvalue weighted by molar-refractivity contribution is -0.117. The predicted octanol–water partition coefficient (Wildman–Crippen LogP) is 5.94. The van der Waals surface area contributed by atoms with E-state index in [1.165, 1.54) is 0 Å². The summed E-state index contributed by atoms with van der Waals surface area (Å²) in [4.78, 5) is 17.3. The summed E-state index contributed by atoms with van der Waals surface area (Å²) in [7, 11) is 0. The van der Waals surface area contributed by atoms with Crippen molar-refractivity contribution in [3.05, 3.63) is 83.9 Å². The Bertz CT molecular complexity index is 1100. The van der Waals surface area contributed by atoms with Crippen molar-refractivity contribution in [1.29, 1.82) is 0 Å². The number of amides is 1. The smallest absolute Gasteiger partial charge is 0.231 e. The molecule has 140 valence electrons. The zero-order valence-corrected chi connectivity index (χ0v) is 16.0. The van der Waals surface area contributed by atoms with E-state index in [-0.39, 0.29) is 11.8 Å². The van der Waals surface area contributed by atoms with E-state index < -0.39 is 0 Å². The highest BCUT2D eigenvalue weighted by Crippen LogP contribution is 2.27. The Morgan fingerprint density at radius 1 is 1.04 bits per heavy atom. The molecule has 1 atom stereocenters. The zero-order chi connectivity index (χ0) is 19.5. The monoisotopic (exact) mass is 370 g/mol. The second-order valence-corrected chi connectivity index (χ2v) is 6.93. The highest BCUT2D eigenvalue weighted by molar-refractivity contribution is 5.96. The molecule has 0 saturated carbocycles. The van der Waals surface area contributed by atoms with Gasteiger partial charge in [-0.3, -0.25) is 4.79 Å². The molecule has 0 aliphatic carbocycles. The van der Waals surface area contributed by atoms with Gasteiger partial charge in [-0.05, 0) is 60.9 Å². The van der Waals surface area contributed by atoms with E-state index in [0.29, 0.717) is 5.89 Å². The van der Waals surface area contributed by atoms with Crippen molar-refractivity contribution in [2.24, 2.45) is 0 Å². The molecule has 4 rings (SSSR count). The van der Waals surface area contributed by atoms with Gasteiger partial charge in [-0.25, -0.2) is 4.98 Å². The molecule has 4 aromatic rings. The number of rotatable bonds is 5. The number of fused-ring (bicyclic) bond motifs is 1. The van der Waals surface area contributed by atoms with Crippen LogP contribution >= 0.6 is 0 Å². The number of carbonyl (C=O) groups is 1. The molecule has 0 unspecified atom stereocenters. The fraction of sp³-hybridized carbons (Fsp3) is 0.167. The Balaban J connectivity index is 1.51. The number of nitrogens with one attached hydrogen (secondary N) is 1. The van der Waals surface area contributed by atoms with Crippen molar-refractivity contribution in [1.82, 2.24) is 4.98 Å². The summed E-state index contributed by atoms with van der Waals surface area (Å²) in [6.45, 7) is 4.06. The fourth-order valence-corrected chi connectivity index (χ4v) is 3.34. The topological polar surface area (TPSA) is 55.1 Å². The summed E-state index contributed by atoms with van der Waals surface area (Å²) in [5, 5.41) is 3.01. The van der Waals surface area contributed by atoms with Crippen molar-refractivity contribution in [2.75, 3.05) is 5.32 Å². The molecule has 1 aromatic heterocycles. The van der Waals surface area contributed by atoms with Gasteiger partial charge in [-0.15, -0.1) is 0 Å². The molecule has 0 aliphatic heterocycles. The van der Waals surface area contributed by atoms with Crippen molar-refractivity contribution in [2.45, 2.75) is 26.2 Å². The summed E-state index contributed by atoms with van der Waals surface area (Å²) < 4.78 is 5.85. The molecule has 4 heteroatoms. The number of oxazole rings is 1. The van der Waals surface area contributed by atoms with Crippen LogP contribution in [-0.4, -0.2) is 10.9 Å². The van der Waals surface area contributed by atoms with E-state index in [0.717, 1.165) is 39.9 Å². The first-order valence-electron chi connectivity index (χ1n) is 9.47. The molecule has 0 saturated heterocycles. The second-order valence-electron chi connectivity index (χ2n) is 6.93. The van der Waals surface area contributed by atoms with E-state index in [4.69, 9.17) is 4.42 Å². The normalized spacial score (nSPS) is 12.1. The molecular weight excluding hydrogens is 348 g/mol. The number of aryl methyl sites for hydroxylation is 1. The summed E-state index contributed by atoms with van der Waals surface area (Å²) in [6.07, 6.45) is 0.746. The quantitative estimate of drug-likeness (QED) is 0.473. The van der Waals surface area contributed by atoms with Gasteiger partial charge < -0.3 is 9.73 Å². The van der Waals surface area contributed by atoms with E-state index in [1.54, 1.807) is 0 Å². The predicted molar refractivity (Wildman–Crippen MR) is 112 cm³/mol. The number of carbonyl (C=O) groups excluding carboxylic acids is 1. The third-order valence-electron chi connectivity index (χ3n) is 4.87. The highest BCUT2D eigenvalue weighted by atomic mass is 16.3. The van der Waals surface area contributed by atoms with Crippen LogP contribution in [0.5, 0.6) is 0 Å². The minimum Gasteiger partial charge on any atom is -0.436 e. The molecule has 1 amide bonds. The van der Waals surface area contributed by atoms with Gasteiger partial charge in [0.05, 0.1) is 5.92 Å². The van der Waals surface area contributed by atoms with E-state index in [1.807, 2.05) is 86.6 Å². The van der Waals surface area contributed by atoms with Crippen LogP contribution in [0.3, 0.4) is 0 Å². The maximum absolute atomic E-state index is 12.7. The third kappa shape index (κ3) is 3.67. The van der Waals surface area contributed by atoms with Crippen LogP contribution < -0.4 is 5.32 Å². The van der Waals surface area contributed by atoms with Crippen molar-refractivity contribution < 1.29 is 9.21 Å². The van der Waals surface area contributed by atoms with E-state index >= 15 is 0 Å². The van der Waals surface area contributed by atoms with Crippen LogP contribution in [0.1, 0.15) is 30.4 Å². The van der Waals surface area contributed by atoms with Crippen LogP contribution in [0.15, 0.2) is 77.2 Å². The van der Waals surface area contributed by atoms with Gasteiger partial charge in [0.15, 0.2) is 5.58 Å². The molecule has 1 heterocycles. The Labute approximate surface area is 164 Å². The minimum absolute atomic E-state index is 0.00112. The van der Waals surface area contributed by atoms with Gasteiger partial charge >= 0.3 is 0 Å². The van der Waals surface area contributed by atoms with Crippen molar-refractivity contribution >= 4 is 22.7 Å². The zero-order valence-electron chi connectivity index (χ0n) is 16.0. The van der Waals surface area contributed by atoms with Gasteiger partial charge in [0.25, 0.3) is 0 Å². The van der Waals surface area contributed by atoms with Crippen molar-refractivity contribution in [3.8, 4) is 11.5 Å². The number of hydrogen-bond donors (Lipinski definition) is 1. The first-order valence-corrected chi connectivity index (χ1v) is 9.47. The molecule has 3 aromatic carbocycles. The largest absolute Gasteiger partial charge is 0.436 e. The summed E-state index contributed by atoms with van der Waals surface area (Å²) in [6, 6.07) is 23.4. The van der Waals surface area contributed by atoms with Gasteiger partial charge in [-0.1, -0.05) is 43.3 Å². The third-order valence-corrected chi connectivity index (χ3v) is 4.87. The molecule has 0 fully saturated rings. The Morgan fingerprint density at radius 3 is 2.50 bits per heavy atom. The SMILES string of the molecule is CC[C@@H](C(=O)Nc1ccc(-c2nc3cc(C)ccc3o2)cc1)c1ccccc1. The number of hydrogen-bond acceptors (Lipinski definition) is 3. The van der Waals surface area contributed by atoms with Gasteiger partial charge in [0, 0.05) is 11.3 Å². The molecule has 1 N–H and O–H groups in total. The number of aromatic nitrogens is 1. The summed E-state index contributed by atoms with van der Waals surface area (Å²) >= 11 is 0. The molecule has 28 heavy (non-hydrogen) atoms. The average molecular weight is 370 g/mol. The van der Waals surface area contributed by atoms with Crippen LogP contribution in [0.4, 0.5) is 5.69 Å². The molecule has 0 radical (unpaired) electrons. The standard InChI is InChI=1S/C24H22N2O2/c1-3-20(17-7-5-4-6-8-17)23(27)25-19-12-10-18(11-13-19)24-26-21-15-16(2)9-14-22(21)28-24/h4-15,20H,3H2,1-2H3,(H,25,27)/t20-/m1/s1. The Morgan fingerprint density at radius 2 is 1.79 bits per heavy atom. The number of anilines is 1. The maximum atomic E-state index is 12.7. The van der Waals surface area contributed by atoms with Crippen LogP contribution in [0.2, 0.25) is 0 Å². The molecule has 4 nitrogen and oxygen atoms in total. The van der Waals surface area contributed by atoms with Crippen LogP contribution in [0.25, 0.3) is 22.6 Å². The van der Waals surface area contributed by atoms with E-state index in [2.05, 4.69) is 10.3 Å². The van der Waals surface area contributed by atoms with Gasteiger partial charge in [0.2, 0.25) is 11.8 Å². The van der Waals surface area contributed by atoms with Crippen LogP contribution in [-0.2, 0) is 4.79 Å². The Hall–Kier alpha value is -3.40. The second kappa shape index (κ2) is 7.69. The number of benzene rings is 3.